The van der Waals surface area contributed by atoms with Crippen LogP contribution in [0.25, 0.3) is 0 Å². The second kappa shape index (κ2) is 4.23. The van der Waals surface area contributed by atoms with Gasteiger partial charge in [-0.2, -0.15) is 8.75 Å². The number of aliphatic hydroxyl groups is 1. The fourth-order valence-electron chi connectivity index (χ4n) is 2.91. The summed E-state index contributed by atoms with van der Waals surface area (Å²) in [7, 11) is 0. The molecule has 0 bridgehead atoms. The molecular formula is C10H14N4O2S. The van der Waals surface area contributed by atoms with Gasteiger partial charge >= 0.3 is 6.03 Å². The monoisotopic (exact) mass is 254 g/mol. The molecule has 0 spiro atoms. The van der Waals surface area contributed by atoms with E-state index in [-0.39, 0.29) is 18.2 Å². The van der Waals surface area contributed by atoms with Gasteiger partial charge < -0.3 is 10.0 Å². The van der Waals surface area contributed by atoms with Crippen molar-refractivity contribution < 1.29 is 9.90 Å². The fourth-order valence-corrected chi connectivity index (χ4v) is 3.28. The lowest BCUT2D eigenvalue weighted by Crippen LogP contribution is -2.44. The van der Waals surface area contributed by atoms with Crippen molar-refractivity contribution in [1.29, 1.82) is 0 Å². The number of nitrogens with zero attached hydrogens (tertiary/aromatic N) is 3. The lowest BCUT2D eigenvalue weighted by atomic mass is 10.0. The van der Waals surface area contributed by atoms with Crippen LogP contribution >= 0.6 is 11.7 Å². The van der Waals surface area contributed by atoms with E-state index in [2.05, 4.69) is 14.1 Å². The van der Waals surface area contributed by atoms with E-state index in [0.717, 1.165) is 37.5 Å². The minimum atomic E-state index is -0.373. The van der Waals surface area contributed by atoms with E-state index in [1.54, 1.807) is 4.90 Å². The highest BCUT2D eigenvalue weighted by molar-refractivity contribution is 6.99. The number of hydrogen-bond acceptors (Lipinski definition) is 5. The number of nitrogens with one attached hydrogen (secondary N) is 1. The zero-order valence-electron chi connectivity index (χ0n) is 9.24. The number of rotatable bonds is 1. The van der Waals surface area contributed by atoms with Crippen LogP contribution in [-0.4, -0.2) is 43.5 Å². The Kier molecular flexibility index (Phi) is 2.71. The Morgan fingerprint density at radius 2 is 2.41 bits per heavy atom. The molecule has 17 heavy (non-hydrogen) atoms. The predicted octanol–water partition coefficient (Wildman–Crippen LogP) is 0.915. The number of fused-ring (bicyclic) bond motifs is 1. The van der Waals surface area contributed by atoms with Gasteiger partial charge in [0.2, 0.25) is 0 Å². The number of carbonyl (C=O) groups excluding carboxylic acids is 1. The predicted molar refractivity (Wildman–Crippen MR) is 62.8 cm³/mol. The molecule has 2 heterocycles. The molecule has 0 aromatic carbocycles. The molecule has 1 aromatic rings. The molecule has 2 aliphatic rings. The van der Waals surface area contributed by atoms with Crippen LogP contribution < -0.4 is 5.32 Å². The van der Waals surface area contributed by atoms with Crippen LogP contribution in [0, 0.1) is 5.92 Å². The summed E-state index contributed by atoms with van der Waals surface area (Å²) in [4.78, 5) is 13.8. The van der Waals surface area contributed by atoms with Crippen molar-refractivity contribution in [3.63, 3.8) is 0 Å². The molecule has 1 aliphatic carbocycles. The summed E-state index contributed by atoms with van der Waals surface area (Å²) >= 11 is 1.06. The number of aromatic nitrogens is 2. The maximum Gasteiger partial charge on any atom is 0.323 e. The van der Waals surface area contributed by atoms with E-state index in [1.807, 2.05) is 0 Å². The van der Waals surface area contributed by atoms with E-state index in [1.165, 1.54) is 6.20 Å². The van der Waals surface area contributed by atoms with Crippen LogP contribution in [0.3, 0.4) is 0 Å². The zero-order valence-corrected chi connectivity index (χ0v) is 10.1. The standard InChI is InChI=1S/C10H14N4O2S/c15-7-2-1-6-3-4-14(9(6)7)10(16)12-8-5-11-17-13-8/h5-7,9,15H,1-4H2,(H,12,13,16)/t6-,7-,9+/m1/s1. The second-order valence-corrected chi connectivity index (χ2v) is 5.16. The second-order valence-electron chi connectivity index (χ2n) is 4.60. The summed E-state index contributed by atoms with van der Waals surface area (Å²) in [6.07, 6.45) is 3.97. The molecule has 0 radical (unpaired) electrons. The van der Waals surface area contributed by atoms with Gasteiger partial charge in [0.05, 0.1) is 30.1 Å². The van der Waals surface area contributed by atoms with Crippen molar-refractivity contribution in [2.75, 3.05) is 11.9 Å². The SMILES string of the molecule is O=C(Nc1cnsn1)N1CC[C@H]2CC[C@@H](O)[C@H]21. The van der Waals surface area contributed by atoms with Crippen LogP contribution in [0.1, 0.15) is 19.3 Å². The Hall–Kier alpha value is -1.21. The molecule has 2 amide bonds. The Labute approximate surface area is 103 Å². The maximum atomic E-state index is 12.0. The van der Waals surface area contributed by atoms with Gasteiger partial charge in [0.25, 0.3) is 0 Å². The Balaban J connectivity index is 1.70. The van der Waals surface area contributed by atoms with E-state index in [4.69, 9.17) is 0 Å². The molecule has 7 heteroatoms. The van der Waals surface area contributed by atoms with E-state index in [0.29, 0.717) is 11.7 Å². The summed E-state index contributed by atoms with van der Waals surface area (Å²) in [5.74, 6) is 0.945. The van der Waals surface area contributed by atoms with Gasteiger partial charge in [0, 0.05) is 6.54 Å². The molecular weight excluding hydrogens is 240 g/mol. The molecule has 1 aliphatic heterocycles. The Morgan fingerprint density at radius 1 is 1.53 bits per heavy atom. The molecule has 2 fully saturated rings. The minimum Gasteiger partial charge on any atom is -0.391 e. The average Bonchev–Trinajstić information content (AvgIpc) is 2.97. The summed E-state index contributed by atoms with van der Waals surface area (Å²) in [5, 5.41) is 12.6. The normalized spacial score (nSPS) is 31.6. The van der Waals surface area contributed by atoms with Crippen molar-refractivity contribution in [1.82, 2.24) is 13.6 Å². The van der Waals surface area contributed by atoms with Crippen LogP contribution in [-0.2, 0) is 0 Å². The van der Waals surface area contributed by atoms with Crippen LogP contribution in [0.4, 0.5) is 10.6 Å². The smallest absolute Gasteiger partial charge is 0.323 e. The average molecular weight is 254 g/mol. The van der Waals surface area contributed by atoms with Crippen molar-refractivity contribution in [3.05, 3.63) is 6.20 Å². The highest BCUT2D eigenvalue weighted by Gasteiger charge is 2.45. The Morgan fingerprint density at radius 3 is 3.18 bits per heavy atom. The molecule has 92 valence electrons. The molecule has 1 saturated heterocycles. The van der Waals surface area contributed by atoms with Gasteiger partial charge in [-0.1, -0.05) is 0 Å². The van der Waals surface area contributed by atoms with Gasteiger partial charge in [0.1, 0.15) is 0 Å². The number of urea groups is 1. The topological polar surface area (TPSA) is 78.4 Å². The third kappa shape index (κ3) is 1.89. The van der Waals surface area contributed by atoms with E-state index in [9.17, 15) is 9.90 Å². The molecule has 1 saturated carbocycles. The lowest BCUT2D eigenvalue weighted by molar-refractivity contribution is 0.101. The highest BCUT2D eigenvalue weighted by atomic mass is 32.1. The maximum absolute atomic E-state index is 12.0. The molecule has 3 atom stereocenters. The summed E-state index contributed by atoms with van der Waals surface area (Å²) in [6, 6.07) is -0.187. The summed E-state index contributed by atoms with van der Waals surface area (Å²) < 4.78 is 7.77. The van der Waals surface area contributed by atoms with Crippen molar-refractivity contribution in [2.24, 2.45) is 5.92 Å². The van der Waals surface area contributed by atoms with Crippen molar-refractivity contribution in [2.45, 2.75) is 31.4 Å². The number of amides is 2. The summed E-state index contributed by atoms with van der Waals surface area (Å²) in [5.41, 5.74) is 0. The molecule has 6 nitrogen and oxygen atoms in total. The van der Waals surface area contributed by atoms with E-state index >= 15 is 0 Å². The fraction of sp³-hybridized carbons (Fsp3) is 0.700. The first kappa shape index (κ1) is 10.9. The first-order valence-electron chi connectivity index (χ1n) is 5.79. The number of likely N-dealkylation sites (tertiary alicyclic amines) is 1. The zero-order chi connectivity index (χ0) is 11.8. The minimum absolute atomic E-state index is 0.0124. The van der Waals surface area contributed by atoms with Gasteiger partial charge in [-0.05, 0) is 25.2 Å². The summed E-state index contributed by atoms with van der Waals surface area (Å²) in [6.45, 7) is 0.718. The molecule has 0 unspecified atom stereocenters. The van der Waals surface area contributed by atoms with Gasteiger partial charge in [-0.3, -0.25) is 5.32 Å². The van der Waals surface area contributed by atoms with Gasteiger partial charge in [-0.15, -0.1) is 0 Å². The van der Waals surface area contributed by atoms with Crippen molar-refractivity contribution in [3.8, 4) is 0 Å². The van der Waals surface area contributed by atoms with Gasteiger partial charge in [-0.25, -0.2) is 4.79 Å². The lowest BCUT2D eigenvalue weighted by Gasteiger charge is -2.26. The molecule has 3 rings (SSSR count). The first-order valence-corrected chi connectivity index (χ1v) is 6.52. The number of aliphatic hydroxyl groups excluding tert-OH is 1. The van der Waals surface area contributed by atoms with Crippen LogP contribution in [0.5, 0.6) is 0 Å². The van der Waals surface area contributed by atoms with Gasteiger partial charge in [0.15, 0.2) is 5.82 Å². The third-order valence-electron chi connectivity index (χ3n) is 3.67. The number of anilines is 1. The molecule has 2 N–H and O–H groups in total. The largest absolute Gasteiger partial charge is 0.391 e. The van der Waals surface area contributed by atoms with Crippen molar-refractivity contribution >= 4 is 23.6 Å². The van der Waals surface area contributed by atoms with E-state index < -0.39 is 0 Å². The van der Waals surface area contributed by atoms with Crippen LogP contribution in [0.2, 0.25) is 0 Å². The Bertz CT molecular complexity index is 410. The number of carbonyl (C=O) groups is 1. The third-order valence-corrected chi connectivity index (χ3v) is 4.15. The molecule has 1 aromatic heterocycles. The van der Waals surface area contributed by atoms with Crippen LogP contribution in [0.15, 0.2) is 6.20 Å². The first-order chi connectivity index (χ1) is 8.25. The quantitative estimate of drug-likeness (QED) is 0.781. The number of hydrogen-bond donors (Lipinski definition) is 2. The highest BCUT2D eigenvalue weighted by Crippen LogP contribution is 2.38.